The normalized spacial score (nSPS) is 14.3. The van der Waals surface area contributed by atoms with Crippen molar-refractivity contribution in [1.29, 1.82) is 0 Å². The topological polar surface area (TPSA) is 12.0 Å². The van der Waals surface area contributed by atoms with E-state index in [2.05, 4.69) is 19.2 Å². The summed E-state index contributed by atoms with van der Waals surface area (Å²) in [5.74, 6) is -3.21. The lowest BCUT2D eigenvalue weighted by Gasteiger charge is -2.21. The van der Waals surface area contributed by atoms with Gasteiger partial charge in [0.15, 0.2) is 17.5 Å². The van der Waals surface area contributed by atoms with Gasteiger partial charge in [-0.05, 0) is 30.9 Å². The van der Waals surface area contributed by atoms with Crippen LogP contribution in [-0.4, -0.2) is 6.04 Å². The van der Waals surface area contributed by atoms with Crippen LogP contribution in [-0.2, 0) is 0 Å². The number of rotatable bonds is 6. The standard InChI is InChI=1S/C14H20F3N/c1-4-9(3)8-10(5-2)18-12-7-6-11(15)13(16)14(12)17/h6-7,9-10,18H,4-5,8H2,1-3H3. The SMILES string of the molecule is CCC(C)CC(CC)Nc1ccc(F)c(F)c1F. The maximum atomic E-state index is 13.5. The lowest BCUT2D eigenvalue weighted by Crippen LogP contribution is -2.22. The number of hydrogen-bond acceptors (Lipinski definition) is 1. The Morgan fingerprint density at radius 3 is 2.28 bits per heavy atom. The van der Waals surface area contributed by atoms with Crippen LogP contribution in [0.25, 0.3) is 0 Å². The quantitative estimate of drug-likeness (QED) is 0.728. The van der Waals surface area contributed by atoms with E-state index < -0.39 is 17.5 Å². The van der Waals surface area contributed by atoms with Gasteiger partial charge in [-0.25, -0.2) is 13.2 Å². The fourth-order valence-corrected chi connectivity index (χ4v) is 1.84. The Morgan fingerprint density at radius 1 is 1.06 bits per heavy atom. The van der Waals surface area contributed by atoms with E-state index in [-0.39, 0.29) is 11.7 Å². The van der Waals surface area contributed by atoms with E-state index in [0.717, 1.165) is 25.3 Å². The molecule has 0 aliphatic heterocycles. The van der Waals surface area contributed by atoms with Crippen LogP contribution in [0.1, 0.15) is 40.0 Å². The summed E-state index contributed by atoms with van der Waals surface area (Å²) in [7, 11) is 0. The van der Waals surface area contributed by atoms with Crippen molar-refractivity contribution in [1.82, 2.24) is 0 Å². The summed E-state index contributed by atoms with van der Waals surface area (Å²) in [6.07, 6.45) is 2.73. The van der Waals surface area contributed by atoms with Crippen molar-refractivity contribution in [2.75, 3.05) is 5.32 Å². The molecule has 0 heterocycles. The van der Waals surface area contributed by atoms with Crippen LogP contribution in [0.4, 0.5) is 18.9 Å². The van der Waals surface area contributed by atoms with E-state index in [4.69, 9.17) is 0 Å². The molecule has 1 rings (SSSR count). The van der Waals surface area contributed by atoms with E-state index in [9.17, 15) is 13.2 Å². The first-order chi connectivity index (χ1) is 8.49. The van der Waals surface area contributed by atoms with Gasteiger partial charge in [-0.1, -0.05) is 27.2 Å². The third-order valence-corrected chi connectivity index (χ3v) is 3.27. The van der Waals surface area contributed by atoms with Crippen LogP contribution in [0, 0.1) is 23.4 Å². The maximum Gasteiger partial charge on any atom is 0.196 e. The number of benzene rings is 1. The van der Waals surface area contributed by atoms with Gasteiger partial charge in [-0.3, -0.25) is 0 Å². The predicted molar refractivity (Wildman–Crippen MR) is 68.1 cm³/mol. The monoisotopic (exact) mass is 259 g/mol. The molecule has 0 bridgehead atoms. The molecule has 1 nitrogen and oxygen atoms in total. The van der Waals surface area contributed by atoms with Crippen molar-refractivity contribution in [3.05, 3.63) is 29.6 Å². The largest absolute Gasteiger partial charge is 0.380 e. The van der Waals surface area contributed by atoms with Crippen molar-refractivity contribution in [2.45, 2.75) is 46.1 Å². The summed E-state index contributed by atoms with van der Waals surface area (Å²) in [4.78, 5) is 0. The number of anilines is 1. The Hall–Kier alpha value is -1.19. The molecule has 1 N–H and O–H groups in total. The first kappa shape index (κ1) is 14.9. The molecule has 2 atom stereocenters. The van der Waals surface area contributed by atoms with E-state index in [1.165, 1.54) is 6.07 Å². The summed E-state index contributed by atoms with van der Waals surface area (Å²) < 4.78 is 39.4. The molecule has 0 aliphatic rings. The molecule has 102 valence electrons. The van der Waals surface area contributed by atoms with Crippen molar-refractivity contribution < 1.29 is 13.2 Å². The van der Waals surface area contributed by atoms with Gasteiger partial charge in [0.05, 0.1) is 5.69 Å². The average Bonchev–Trinajstić information content (AvgIpc) is 2.38. The van der Waals surface area contributed by atoms with Crippen LogP contribution in [0.3, 0.4) is 0 Å². The Balaban J connectivity index is 2.79. The minimum absolute atomic E-state index is 0.0315. The zero-order chi connectivity index (χ0) is 13.7. The van der Waals surface area contributed by atoms with Crippen molar-refractivity contribution >= 4 is 5.69 Å². The fourth-order valence-electron chi connectivity index (χ4n) is 1.84. The van der Waals surface area contributed by atoms with Crippen molar-refractivity contribution in [3.63, 3.8) is 0 Å². The Kier molecular flexibility index (Phi) is 5.51. The minimum Gasteiger partial charge on any atom is -0.380 e. The molecule has 0 radical (unpaired) electrons. The summed E-state index contributed by atoms with van der Waals surface area (Å²) in [5.41, 5.74) is 0.0315. The van der Waals surface area contributed by atoms with E-state index in [1.807, 2.05) is 6.92 Å². The summed E-state index contributed by atoms with van der Waals surface area (Å²) in [6.45, 7) is 6.19. The Morgan fingerprint density at radius 2 is 1.72 bits per heavy atom. The zero-order valence-electron chi connectivity index (χ0n) is 11.1. The number of halogens is 3. The third-order valence-electron chi connectivity index (χ3n) is 3.27. The molecular formula is C14H20F3N. The number of nitrogens with one attached hydrogen (secondary N) is 1. The summed E-state index contributed by atoms with van der Waals surface area (Å²) in [6, 6.07) is 2.25. The van der Waals surface area contributed by atoms with E-state index >= 15 is 0 Å². The highest BCUT2D eigenvalue weighted by atomic mass is 19.2. The second-order valence-electron chi connectivity index (χ2n) is 4.72. The molecule has 4 heteroatoms. The van der Waals surface area contributed by atoms with E-state index in [1.54, 1.807) is 0 Å². The highest BCUT2D eigenvalue weighted by Gasteiger charge is 2.16. The van der Waals surface area contributed by atoms with Gasteiger partial charge < -0.3 is 5.32 Å². The van der Waals surface area contributed by atoms with Gasteiger partial charge in [0.25, 0.3) is 0 Å². The van der Waals surface area contributed by atoms with Crippen LogP contribution >= 0.6 is 0 Å². The molecule has 18 heavy (non-hydrogen) atoms. The molecule has 1 aromatic rings. The second-order valence-corrected chi connectivity index (χ2v) is 4.72. The van der Waals surface area contributed by atoms with Gasteiger partial charge in [-0.2, -0.15) is 0 Å². The smallest absolute Gasteiger partial charge is 0.196 e. The van der Waals surface area contributed by atoms with Crippen LogP contribution in [0.2, 0.25) is 0 Å². The molecule has 0 saturated heterocycles. The average molecular weight is 259 g/mol. The zero-order valence-corrected chi connectivity index (χ0v) is 11.1. The Bertz CT molecular complexity index is 393. The first-order valence-electron chi connectivity index (χ1n) is 6.39. The molecule has 0 aromatic heterocycles. The maximum absolute atomic E-state index is 13.5. The lowest BCUT2D eigenvalue weighted by atomic mass is 9.97. The van der Waals surface area contributed by atoms with Crippen LogP contribution in [0.15, 0.2) is 12.1 Å². The molecule has 0 amide bonds. The third kappa shape index (κ3) is 3.65. The molecule has 0 aliphatic carbocycles. The molecule has 1 aromatic carbocycles. The molecule has 0 fully saturated rings. The predicted octanol–water partition coefficient (Wildman–Crippen LogP) is 4.73. The highest BCUT2D eigenvalue weighted by molar-refractivity contribution is 5.46. The summed E-state index contributed by atoms with van der Waals surface area (Å²) >= 11 is 0. The van der Waals surface area contributed by atoms with Gasteiger partial charge in [0, 0.05) is 6.04 Å². The van der Waals surface area contributed by atoms with Crippen molar-refractivity contribution in [2.24, 2.45) is 5.92 Å². The van der Waals surface area contributed by atoms with Crippen LogP contribution in [0.5, 0.6) is 0 Å². The van der Waals surface area contributed by atoms with Gasteiger partial charge in [0.1, 0.15) is 0 Å². The lowest BCUT2D eigenvalue weighted by molar-refractivity contribution is 0.441. The molecule has 0 saturated carbocycles. The van der Waals surface area contributed by atoms with Crippen LogP contribution < -0.4 is 5.32 Å². The first-order valence-corrected chi connectivity index (χ1v) is 6.39. The van der Waals surface area contributed by atoms with Gasteiger partial charge in [0.2, 0.25) is 0 Å². The molecule has 0 spiro atoms. The van der Waals surface area contributed by atoms with Gasteiger partial charge in [-0.15, -0.1) is 0 Å². The van der Waals surface area contributed by atoms with Crippen molar-refractivity contribution in [3.8, 4) is 0 Å². The van der Waals surface area contributed by atoms with Gasteiger partial charge >= 0.3 is 0 Å². The molecule has 2 unspecified atom stereocenters. The number of hydrogen-bond donors (Lipinski definition) is 1. The summed E-state index contributed by atoms with van der Waals surface area (Å²) in [5, 5.41) is 2.95. The second kappa shape index (κ2) is 6.66. The minimum atomic E-state index is -1.42. The van der Waals surface area contributed by atoms with E-state index in [0.29, 0.717) is 5.92 Å². The fraction of sp³-hybridized carbons (Fsp3) is 0.571. The Labute approximate surface area is 106 Å². The highest BCUT2D eigenvalue weighted by Crippen LogP contribution is 2.23. The molecular weight excluding hydrogens is 239 g/mol.